The summed E-state index contributed by atoms with van der Waals surface area (Å²) in [5.41, 5.74) is 11.0. The van der Waals surface area contributed by atoms with Gasteiger partial charge in [-0.05, 0) is 45.9 Å². The molecule has 0 atom stereocenters. The fraction of sp³-hybridized carbons (Fsp3) is 0.250. The zero-order chi connectivity index (χ0) is 22.3. The highest BCUT2D eigenvalue weighted by Gasteiger charge is 2.25. The third-order valence-corrected chi connectivity index (χ3v) is 6.02. The molecule has 0 spiro atoms. The maximum atomic E-state index is 9.51. The van der Waals surface area contributed by atoms with Crippen molar-refractivity contribution in [1.29, 1.82) is 0 Å². The fourth-order valence-electron chi connectivity index (χ4n) is 4.37. The van der Waals surface area contributed by atoms with Gasteiger partial charge in [0, 0.05) is 36.2 Å². The predicted octanol–water partition coefficient (Wildman–Crippen LogP) is 6.16. The molecule has 0 bridgehead atoms. The normalized spacial score (nSPS) is 12.6. The molecule has 0 saturated carbocycles. The number of aromatic nitrogens is 2. The van der Waals surface area contributed by atoms with Gasteiger partial charge in [0.1, 0.15) is 5.75 Å². The van der Waals surface area contributed by atoms with E-state index in [0.717, 1.165) is 47.6 Å². The topological polar surface area (TPSA) is 60.9 Å². The van der Waals surface area contributed by atoms with Gasteiger partial charge < -0.3 is 10.4 Å². The van der Waals surface area contributed by atoms with E-state index in [1.54, 1.807) is 12.1 Å². The minimum atomic E-state index is 0.278. The van der Waals surface area contributed by atoms with Crippen LogP contribution >= 0.6 is 0 Å². The number of H-pyrrole nitrogens is 1. The second-order valence-corrected chi connectivity index (χ2v) is 9.88. The molecule has 0 unspecified atom stereocenters. The number of benzene rings is 3. The zero-order valence-electron chi connectivity index (χ0n) is 18.9. The van der Waals surface area contributed by atoms with E-state index in [2.05, 4.69) is 78.7 Å². The highest BCUT2D eigenvalue weighted by atomic mass is 16.3. The number of rotatable bonds is 5. The molecule has 3 N–H and O–H groups in total. The Morgan fingerprint density at radius 3 is 2.25 bits per heavy atom. The van der Waals surface area contributed by atoms with Crippen molar-refractivity contribution in [2.45, 2.75) is 33.7 Å². The lowest BCUT2D eigenvalue weighted by molar-refractivity contribution is 0.379. The first kappa shape index (κ1) is 20.5. The van der Waals surface area contributed by atoms with E-state index in [1.807, 2.05) is 12.1 Å². The summed E-state index contributed by atoms with van der Waals surface area (Å²) in [6.45, 7) is 8.61. The lowest BCUT2D eigenvalue weighted by Gasteiger charge is -2.19. The summed E-state index contributed by atoms with van der Waals surface area (Å²) in [4.78, 5) is 0. The lowest BCUT2D eigenvalue weighted by Crippen LogP contribution is -2.26. The van der Waals surface area contributed by atoms with Crippen LogP contribution < -0.4 is 5.32 Å². The summed E-state index contributed by atoms with van der Waals surface area (Å²) in [6.07, 6.45) is 0.909. The number of aromatic hydroxyl groups is 1. The van der Waals surface area contributed by atoms with E-state index in [-0.39, 0.29) is 11.2 Å². The Morgan fingerprint density at radius 2 is 1.56 bits per heavy atom. The van der Waals surface area contributed by atoms with Crippen molar-refractivity contribution < 1.29 is 5.11 Å². The zero-order valence-corrected chi connectivity index (χ0v) is 18.9. The fourth-order valence-corrected chi connectivity index (χ4v) is 4.37. The van der Waals surface area contributed by atoms with Crippen LogP contribution in [0.2, 0.25) is 0 Å². The summed E-state index contributed by atoms with van der Waals surface area (Å²) >= 11 is 0. The summed E-state index contributed by atoms with van der Waals surface area (Å²) in [5, 5.41) is 21.1. The first-order valence-electron chi connectivity index (χ1n) is 11.2. The van der Waals surface area contributed by atoms with Crippen LogP contribution in [0.15, 0.2) is 66.7 Å². The van der Waals surface area contributed by atoms with Crippen LogP contribution in [0.25, 0.3) is 33.6 Å². The molecule has 1 aliphatic carbocycles. The van der Waals surface area contributed by atoms with E-state index in [4.69, 9.17) is 0 Å². The van der Waals surface area contributed by atoms with Crippen LogP contribution in [-0.4, -0.2) is 21.8 Å². The van der Waals surface area contributed by atoms with E-state index >= 15 is 0 Å². The van der Waals surface area contributed by atoms with Crippen molar-refractivity contribution in [3.05, 3.63) is 83.4 Å². The number of nitrogens with zero attached hydrogens (tertiary/aromatic N) is 1. The van der Waals surface area contributed by atoms with E-state index in [1.165, 1.54) is 22.3 Å². The smallest absolute Gasteiger partial charge is 0.115 e. The second kappa shape index (κ2) is 7.95. The van der Waals surface area contributed by atoms with Gasteiger partial charge in [-0.15, -0.1) is 0 Å². The molecule has 32 heavy (non-hydrogen) atoms. The Balaban J connectivity index is 1.37. The van der Waals surface area contributed by atoms with E-state index < -0.39 is 0 Å². The van der Waals surface area contributed by atoms with Crippen LogP contribution in [-0.2, 0) is 13.0 Å². The number of aromatic amines is 1. The molecule has 3 aromatic carbocycles. The largest absolute Gasteiger partial charge is 0.508 e. The van der Waals surface area contributed by atoms with Crippen LogP contribution in [0.4, 0.5) is 0 Å². The molecule has 1 aromatic heterocycles. The molecule has 5 rings (SSSR count). The quantitative estimate of drug-likeness (QED) is 0.317. The van der Waals surface area contributed by atoms with E-state index in [0.29, 0.717) is 0 Å². The molecule has 1 heterocycles. The molecular formula is C28H29N3O. The number of hydrogen-bond acceptors (Lipinski definition) is 3. The van der Waals surface area contributed by atoms with Crippen molar-refractivity contribution in [3.8, 4) is 39.4 Å². The standard InChI is InChI=1S/C28H29N3O/c1-28(2,3)17-29-16-18-4-5-22-15-25-26(30-31-27(25)24(22)14-18)21-8-6-19(7-9-21)20-10-12-23(32)13-11-20/h4-14,29,32H,15-17H2,1-3H3,(H,30,31). The van der Waals surface area contributed by atoms with Gasteiger partial charge in [-0.3, -0.25) is 5.10 Å². The number of phenolic OH excluding ortho intramolecular Hbond substituents is 1. The van der Waals surface area contributed by atoms with Crippen LogP contribution in [0.1, 0.15) is 37.5 Å². The predicted molar refractivity (Wildman–Crippen MR) is 131 cm³/mol. The monoisotopic (exact) mass is 423 g/mol. The average molecular weight is 424 g/mol. The third-order valence-electron chi connectivity index (χ3n) is 6.02. The average Bonchev–Trinajstić information content (AvgIpc) is 3.33. The molecule has 0 amide bonds. The van der Waals surface area contributed by atoms with Gasteiger partial charge in [0.25, 0.3) is 0 Å². The number of fused-ring (bicyclic) bond motifs is 3. The lowest BCUT2D eigenvalue weighted by atomic mass is 9.97. The molecule has 0 saturated heterocycles. The Labute approximate surface area is 189 Å². The molecule has 0 radical (unpaired) electrons. The van der Waals surface area contributed by atoms with Crippen LogP contribution in [0, 0.1) is 5.41 Å². The van der Waals surface area contributed by atoms with Gasteiger partial charge in [0.15, 0.2) is 0 Å². The van der Waals surface area contributed by atoms with Crippen molar-refractivity contribution in [3.63, 3.8) is 0 Å². The van der Waals surface area contributed by atoms with Gasteiger partial charge in [0.05, 0.1) is 11.4 Å². The minimum Gasteiger partial charge on any atom is -0.508 e. The van der Waals surface area contributed by atoms with Crippen molar-refractivity contribution in [2.24, 2.45) is 5.41 Å². The number of phenols is 1. The summed E-state index contributed by atoms with van der Waals surface area (Å²) < 4.78 is 0. The molecule has 0 aliphatic heterocycles. The maximum absolute atomic E-state index is 9.51. The summed E-state index contributed by atoms with van der Waals surface area (Å²) in [5.74, 6) is 0.283. The Kier molecular flexibility index (Phi) is 5.10. The first-order valence-corrected chi connectivity index (χ1v) is 11.2. The highest BCUT2D eigenvalue weighted by molar-refractivity contribution is 5.82. The number of hydrogen-bond donors (Lipinski definition) is 3. The van der Waals surface area contributed by atoms with Crippen LogP contribution in [0.3, 0.4) is 0 Å². The Bertz CT molecular complexity index is 1250. The molecule has 162 valence electrons. The molecule has 0 fully saturated rings. The molecule has 4 aromatic rings. The summed E-state index contributed by atoms with van der Waals surface area (Å²) in [7, 11) is 0. The van der Waals surface area contributed by atoms with Crippen molar-refractivity contribution in [2.75, 3.05) is 6.54 Å². The number of nitrogens with one attached hydrogen (secondary N) is 2. The Morgan fingerprint density at radius 1 is 0.906 bits per heavy atom. The van der Waals surface area contributed by atoms with Gasteiger partial charge in [-0.1, -0.05) is 69.3 Å². The molecule has 4 nitrogen and oxygen atoms in total. The summed E-state index contributed by atoms with van der Waals surface area (Å²) in [6, 6.07) is 22.6. The SMILES string of the molecule is CC(C)(C)CNCc1ccc2c(c1)-c1[nH]nc(-c3ccc(-c4ccc(O)cc4)cc3)c1C2. The van der Waals surface area contributed by atoms with Crippen LogP contribution in [0.5, 0.6) is 5.75 Å². The van der Waals surface area contributed by atoms with Crippen molar-refractivity contribution in [1.82, 2.24) is 15.5 Å². The molecule has 4 heteroatoms. The Hall–Kier alpha value is -3.37. The second-order valence-electron chi connectivity index (χ2n) is 9.88. The van der Waals surface area contributed by atoms with Gasteiger partial charge in [0.2, 0.25) is 0 Å². The molecule has 1 aliphatic rings. The van der Waals surface area contributed by atoms with Gasteiger partial charge in [-0.25, -0.2) is 0 Å². The molecular weight excluding hydrogens is 394 g/mol. The maximum Gasteiger partial charge on any atom is 0.115 e. The van der Waals surface area contributed by atoms with Crippen molar-refractivity contribution >= 4 is 0 Å². The minimum absolute atomic E-state index is 0.278. The third kappa shape index (κ3) is 4.06. The van der Waals surface area contributed by atoms with Gasteiger partial charge >= 0.3 is 0 Å². The highest BCUT2D eigenvalue weighted by Crippen LogP contribution is 2.40. The van der Waals surface area contributed by atoms with E-state index in [9.17, 15) is 5.11 Å². The van der Waals surface area contributed by atoms with Gasteiger partial charge in [-0.2, -0.15) is 5.10 Å². The first-order chi connectivity index (χ1) is 15.4.